The molecule has 0 radical (unpaired) electrons. The highest BCUT2D eigenvalue weighted by Crippen LogP contribution is 2.43. The second kappa shape index (κ2) is 15.3. The van der Waals surface area contributed by atoms with E-state index in [4.69, 9.17) is 42.4 Å². The molecule has 0 spiro atoms. The monoisotopic (exact) mass is 717 g/mol. The molecule has 10 nitrogen and oxygen atoms in total. The van der Waals surface area contributed by atoms with Crippen LogP contribution in [0.5, 0.6) is 11.6 Å². The summed E-state index contributed by atoms with van der Waals surface area (Å²) in [5.41, 5.74) is 5.35. The van der Waals surface area contributed by atoms with E-state index in [-0.39, 0.29) is 24.0 Å². The lowest BCUT2D eigenvalue weighted by Crippen LogP contribution is -2.41. The van der Waals surface area contributed by atoms with Crippen molar-refractivity contribution in [2.24, 2.45) is 0 Å². The standard InChI is InChI=1S/C38H41Cl2N5O5/c1-22(2)50-37(47)38(15-16-38)43-20-24-9-8-23(18-31(24)48-3)35-34(40)28(14-17-42-35)27-6-5-7-29(33(27)39)30-12-10-25(36(45-30)49-4)19-41-21-26-11-13-32(46)44-26/h5-10,12,14,17-18,22,26,41,43H,11,13,15-16,19-21H2,1-4H3,(H,44,46)/t26-/m1/s1. The van der Waals surface area contributed by atoms with Crippen LogP contribution in [0.1, 0.15) is 50.7 Å². The predicted octanol–water partition coefficient (Wildman–Crippen LogP) is 6.74. The Kier molecular flexibility index (Phi) is 10.9. The average molecular weight is 719 g/mol. The van der Waals surface area contributed by atoms with E-state index in [1.54, 1.807) is 20.4 Å². The third-order valence-corrected chi connectivity index (χ3v) is 9.83. The third-order valence-electron chi connectivity index (χ3n) is 9.04. The molecule has 2 fully saturated rings. The van der Waals surface area contributed by atoms with Gasteiger partial charge < -0.3 is 24.8 Å². The number of nitrogens with one attached hydrogen (secondary N) is 3. The van der Waals surface area contributed by atoms with Gasteiger partial charge in [-0.1, -0.05) is 59.6 Å². The van der Waals surface area contributed by atoms with Crippen LogP contribution < -0.4 is 25.4 Å². The third kappa shape index (κ3) is 7.73. The number of pyridine rings is 2. The summed E-state index contributed by atoms with van der Waals surface area (Å²) in [4.78, 5) is 33.5. The molecule has 1 saturated carbocycles. The second-order valence-corrected chi connectivity index (χ2v) is 13.7. The molecule has 50 heavy (non-hydrogen) atoms. The first kappa shape index (κ1) is 35.6. The van der Waals surface area contributed by atoms with Crippen molar-refractivity contribution in [1.82, 2.24) is 25.9 Å². The van der Waals surface area contributed by atoms with Crippen LogP contribution in [0.25, 0.3) is 33.6 Å². The van der Waals surface area contributed by atoms with E-state index in [0.29, 0.717) is 59.1 Å². The molecule has 2 aromatic heterocycles. The van der Waals surface area contributed by atoms with Gasteiger partial charge in [-0.2, -0.15) is 0 Å². The Morgan fingerprint density at radius 2 is 1.74 bits per heavy atom. The van der Waals surface area contributed by atoms with Crippen LogP contribution in [-0.2, 0) is 27.4 Å². The number of rotatable bonds is 14. The van der Waals surface area contributed by atoms with Gasteiger partial charge in [-0.25, -0.2) is 4.98 Å². The van der Waals surface area contributed by atoms with Crippen molar-refractivity contribution in [3.63, 3.8) is 0 Å². The predicted molar refractivity (Wildman–Crippen MR) is 194 cm³/mol. The number of ether oxygens (including phenoxy) is 3. The molecule has 1 amide bonds. The van der Waals surface area contributed by atoms with Gasteiger partial charge in [0.1, 0.15) is 11.3 Å². The molecule has 1 saturated heterocycles. The molecule has 12 heteroatoms. The Balaban J connectivity index is 1.21. The van der Waals surface area contributed by atoms with E-state index in [2.05, 4.69) is 20.9 Å². The number of hydrogen-bond acceptors (Lipinski definition) is 9. The maximum atomic E-state index is 12.6. The smallest absolute Gasteiger partial charge is 0.326 e. The number of halogens is 2. The van der Waals surface area contributed by atoms with E-state index in [0.717, 1.165) is 52.6 Å². The molecule has 6 rings (SSSR count). The van der Waals surface area contributed by atoms with Crippen LogP contribution in [-0.4, -0.2) is 60.3 Å². The number of hydrogen-bond donors (Lipinski definition) is 3. The van der Waals surface area contributed by atoms with Crippen molar-refractivity contribution in [1.29, 1.82) is 0 Å². The van der Waals surface area contributed by atoms with E-state index >= 15 is 0 Å². The zero-order valence-electron chi connectivity index (χ0n) is 28.6. The van der Waals surface area contributed by atoms with Gasteiger partial charge in [0.05, 0.1) is 41.8 Å². The minimum Gasteiger partial charge on any atom is -0.496 e. The van der Waals surface area contributed by atoms with Gasteiger partial charge in [-0.05, 0) is 51.3 Å². The average Bonchev–Trinajstić information content (AvgIpc) is 3.80. The van der Waals surface area contributed by atoms with Gasteiger partial charge >= 0.3 is 5.97 Å². The molecule has 0 unspecified atom stereocenters. The minimum atomic E-state index is -0.642. The summed E-state index contributed by atoms with van der Waals surface area (Å²) in [7, 11) is 3.21. The Bertz CT molecular complexity index is 1900. The first-order valence-corrected chi connectivity index (χ1v) is 17.5. The largest absolute Gasteiger partial charge is 0.496 e. The summed E-state index contributed by atoms with van der Waals surface area (Å²) >= 11 is 14.1. The van der Waals surface area contributed by atoms with E-state index in [1.807, 2.05) is 68.4 Å². The van der Waals surface area contributed by atoms with Crippen LogP contribution in [0, 0.1) is 0 Å². The highest BCUT2D eigenvalue weighted by Gasteiger charge is 2.51. The van der Waals surface area contributed by atoms with Crippen molar-refractivity contribution in [3.05, 3.63) is 82.0 Å². The fourth-order valence-corrected chi connectivity index (χ4v) is 6.79. The van der Waals surface area contributed by atoms with Crippen LogP contribution in [0.4, 0.5) is 0 Å². The van der Waals surface area contributed by atoms with Crippen molar-refractivity contribution >= 4 is 35.1 Å². The fraction of sp³-hybridized carbons (Fsp3) is 0.368. The first-order valence-electron chi connectivity index (χ1n) is 16.7. The number of carbonyl (C=O) groups excluding carboxylic acids is 2. The molecule has 262 valence electrons. The summed E-state index contributed by atoms with van der Waals surface area (Å²) in [6, 6.07) is 17.4. The van der Waals surface area contributed by atoms with Gasteiger partial charge in [0.15, 0.2) is 0 Å². The normalized spacial score (nSPS) is 16.3. The van der Waals surface area contributed by atoms with Crippen LogP contribution in [0.15, 0.2) is 60.8 Å². The lowest BCUT2D eigenvalue weighted by atomic mass is 9.99. The maximum Gasteiger partial charge on any atom is 0.326 e. The summed E-state index contributed by atoms with van der Waals surface area (Å²) in [5, 5.41) is 10.7. The summed E-state index contributed by atoms with van der Waals surface area (Å²) in [5.74, 6) is 1.02. The van der Waals surface area contributed by atoms with Gasteiger partial charge in [0.2, 0.25) is 11.8 Å². The Hall–Kier alpha value is -4.22. The molecule has 1 atom stereocenters. The van der Waals surface area contributed by atoms with Gasteiger partial charge in [-0.3, -0.25) is 19.9 Å². The number of esters is 1. The van der Waals surface area contributed by atoms with Gasteiger partial charge in [-0.15, -0.1) is 0 Å². The Morgan fingerprint density at radius 3 is 2.44 bits per heavy atom. The molecular formula is C38H41Cl2N5O5. The van der Waals surface area contributed by atoms with Crippen molar-refractivity contribution < 1.29 is 23.8 Å². The maximum absolute atomic E-state index is 12.6. The Morgan fingerprint density at radius 1 is 0.980 bits per heavy atom. The van der Waals surface area contributed by atoms with Crippen molar-refractivity contribution in [2.45, 2.75) is 70.3 Å². The van der Waals surface area contributed by atoms with Crippen molar-refractivity contribution in [3.8, 4) is 45.3 Å². The molecular weight excluding hydrogens is 677 g/mol. The number of amides is 1. The molecule has 2 aromatic carbocycles. The number of methoxy groups -OCH3 is 2. The lowest BCUT2D eigenvalue weighted by Gasteiger charge is -2.19. The molecule has 0 bridgehead atoms. The topological polar surface area (TPSA) is 124 Å². The van der Waals surface area contributed by atoms with Gasteiger partial charge in [0, 0.05) is 71.7 Å². The second-order valence-electron chi connectivity index (χ2n) is 12.9. The lowest BCUT2D eigenvalue weighted by molar-refractivity contribution is -0.151. The highest BCUT2D eigenvalue weighted by molar-refractivity contribution is 6.39. The van der Waals surface area contributed by atoms with Gasteiger partial charge in [0.25, 0.3) is 0 Å². The first-order chi connectivity index (χ1) is 24.1. The minimum absolute atomic E-state index is 0.0946. The van der Waals surface area contributed by atoms with Crippen molar-refractivity contribution in [2.75, 3.05) is 20.8 Å². The SMILES string of the molecule is COc1cc(-c2nccc(-c3cccc(-c4ccc(CNC[C@H]5CCC(=O)N5)c(OC)n4)c3Cl)c2Cl)ccc1CNC1(C(=O)OC(C)C)CC1. The Labute approximate surface area is 302 Å². The molecule has 4 aromatic rings. The van der Waals surface area contributed by atoms with E-state index < -0.39 is 5.54 Å². The zero-order chi connectivity index (χ0) is 35.4. The zero-order valence-corrected chi connectivity index (χ0v) is 30.1. The molecule has 2 aliphatic rings. The molecule has 3 N–H and O–H groups in total. The van der Waals surface area contributed by atoms with E-state index in [9.17, 15) is 9.59 Å². The highest BCUT2D eigenvalue weighted by atomic mass is 35.5. The number of nitrogens with zero attached hydrogens (tertiary/aromatic N) is 2. The quantitative estimate of drug-likeness (QED) is 0.122. The summed E-state index contributed by atoms with van der Waals surface area (Å²) < 4.78 is 16.9. The fourth-order valence-electron chi connectivity index (χ4n) is 6.14. The molecule has 1 aliphatic heterocycles. The summed E-state index contributed by atoms with van der Waals surface area (Å²) in [6.07, 6.45) is 4.42. The number of aromatic nitrogens is 2. The van der Waals surface area contributed by atoms with Crippen LogP contribution in [0.3, 0.4) is 0 Å². The van der Waals surface area contributed by atoms with E-state index in [1.165, 1.54) is 0 Å². The number of carbonyl (C=O) groups is 2. The van der Waals surface area contributed by atoms with Crippen LogP contribution >= 0.6 is 23.2 Å². The van der Waals surface area contributed by atoms with Crippen LogP contribution in [0.2, 0.25) is 10.0 Å². The summed E-state index contributed by atoms with van der Waals surface area (Å²) in [6.45, 7) is 5.36. The molecule has 1 aliphatic carbocycles. The number of benzene rings is 2. The molecule has 3 heterocycles.